The summed E-state index contributed by atoms with van der Waals surface area (Å²) in [5.41, 5.74) is 10.9. The maximum absolute atomic E-state index is 6.36. The second-order valence-electron chi connectivity index (χ2n) is 11.6. The highest BCUT2D eigenvalue weighted by atomic mass is 79.9. The number of aromatic nitrogens is 2. The van der Waals surface area contributed by atoms with E-state index in [1.807, 2.05) is 30.5 Å². The molecule has 7 aromatic rings. The van der Waals surface area contributed by atoms with Gasteiger partial charge < -0.3 is 4.74 Å². The van der Waals surface area contributed by atoms with Gasteiger partial charge in [0.25, 0.3) is 0 Å². The zero-order valence-electron chi connectivity index (χ0n) is 22.5. The normalized spacial score (nSPS) is 20.6. The van der Waals surface area contributed by atoms with Crippen LogP contribution in [0.3, 0.4) is 0 Å². The van der Waals surface area contributed by atoms with Gasteiger partial charge in [-0.05, 0) is 70.3 Å². The third-order valence-corrected chi connectivity index (χ3v) is 10.3. The molecule has 10 rings (SSSR count). The molecule has 0 saturated heterocycles. The number of para-hydroxylation sites is 1. The standard InChI is InChI=1S/C38H23BrN2O/c39-22-8-7-9-23(20-22)42-24-16-17-26-25-10-3-6-15-32(25)41(33(26)21-24)37-34-29(18-19-40-37)35-27-11-1-4-13-30(27)38(35)31-14-5-2-12-28(31)36(34)38/h1-21,35-36H. The van der Waals surface area contributed by atoms with Crippen LogP contribution in [0.5, 0.6) is 11.5 Å². The number of pyridine rings is 1. The Morgan fingerprint density at radius 2 is 1.33 bits per heavy atom. The topological polar surface area (TPSA) is 27.1 Å². The average molecular weight is 604 g/mol. The monoisotopic (exact) mass is 602 g/mol. The van der Waals surface area contributed by atoms with Gasteiger partial charge in [-0.25, -0.2) is 4.98 Å². The molecule has 5 aromatic carbocycles. The number of ether oxygens (including phenoxy) is 1. The van der Waals surface area contributed by atoms with Crippen molar-refractivity contribution in [3.05, 3.63) is 165 Å². The Bertz CT molecular complexity index is 2280. The largest absolute Gasteiger partial charge is 0.457 e. The van der Waals surface area contributed by atoms with Gasteiger partial charge in [0.2, 0.25) is 0 Å². The van der Waals surface area contributed by atoms with E-state index < -0.39 is 0 Å². The minimum atomic E-state index is 0.00102. The lowest BCUT2D eigenvalue weighted by Crippen LogP contribution is -2.52. The van der Waals surface area contributed by atoms with E-state index in [0.717, 1.165) is 32.8 Å². The molecule has 2 heterocycles. The van der Waals surface area contributed by atoms with Gasteiger partial charge in [-0.3, -0.25) is 4.57 Å². The highest BCUT2D eigenvalue weighted by Gasteiger charge is 2.70. The van der Waals surface area contributed by atoms with Gasteiger partial charge in [-0.2, -0.15) is 0 Å². The zero-order chi connectivity index (χ0) is 27.6. The number of rotatable bonds is 3. The highest BCUT2D eigenvalue weighted by molar-refractivity contribution is 9.10. The third kappa shape index (κ3) is 2.65. The van der Waals surface area contributed by atoms with Crippen molar-refractivity contribution >= 4 is 37.7 Å². The van der Waals surface area contributed by atoms with Gasteiger partial charge in [0.15, 0.2) is 0 Å². The van der Waals surface area contributed by atoms with Gasteiger partial charge in [0.05, 0.1) is 11.0 Å². The van der Waals surface area contributed by atoms with Crippen LogP contribution in [0.25, 0.3) is 27.6 Å². The van der Waals surface area contributed by atoms with E-state index in [1.165, 1.54) is 44.2 Å². The average Bonchev–Trinajstić information content (AvgIpc) is 3.44. The number of benzene rings is 5. The van der Waals surface area contributed by atoms with Crippen LogP contribution in [0.2, 0.25) is 0 Å². The van der Waals surface area contributed by atoms with Crippen LogP contribution in [-0.2, 0) is 5.41 Å². The summed E-state index contributed by atoms with van der Waals surface area (Å²) in [6.45, 7) is 0. The first-order valence-electron chi connectivity index (χ1n) is 14.4. The Morgan fingerprint density at radius 1 is 0.619 bits per heavy atom. The van der Waals surface area contributed by atoms with Crippen LogP contribution in [0.15, 0.2) is 132 Å². The van der Waals surface area contributed by atoms with Crippen molar-refractivity contribution in [2.75, 3.05) is 0 Å². The highest BCUT2D eigenvalue weighted by Crippen LogP contribution is 2.77. The lowest BCUT2D eigenvalue weighted by Gasteiger charge is -2.58. The van der Waals surface area contributed by atoms with Gasteiger partial charge in [0.1, 0.15) is 17.3 Å². The molecule has 2 aromatic heterocycles. The van der Waals surface area contributed by atoms with E-state index in [2.05, 4.69) is 118 Å². The molecule has 0 bridgehead atoms. The molecular weight excluding hydrogens is 580 g/mol. The third-order valence-electron chi connectivity index (χ3n) is 9.84. The first-order chi connectivity index (χ1) is 20.7. The van der Waals surface area contributed by atoms with Gasteiger partial charge >= 0.3 is 0 Å². The van der Waals surface area contributed by atoms with Crippen molar-refractivity contribution in [3.63, 3.8) is 0 Å². The van der Waals surface area contributed by atoms with Crippen LogP contribution in [0.4, 0.5) is 0 Å². The molecule has 4 heteroatoms. The Labute approximate surface area is 251 Å². The first-order valence-corrected chi connectivity index (χ1v) is 15.2. The molecular formula is C38H23BrN2O. The number of hydrogen-bond donors (Lipinski definition) is 0. The Kier molecular flexibility index (Phi) is 4.37. The molecule has 3 nitrogen and oxygen atoms in total. The predicted octanol–water partition coefficient (Wildman–Crippen LogP) is 9.62. The van der Waals surface area contributed by atoms with E-state index in [0.29, 0.717) is 5.92 Å². The van der Waals surface area contributed by atoms with Gasteiger partial charge in [-0.15, -0.1) is 0 Å². The Balaban J connectivity index is 1.25. The molecule has 0 aliphatic heterocycles. The quantitative estimate of drug-likeness (QED) is 0.201. The fraction of sp³-hybridized carbons (Fsp3) is 0.0789. The van der Waals surface area contributed by atoms with E-state index in [1.54, 1.807) is 0 Å². The molecule has 3 atom stereocenters. The Morgan fingerprint density at radius 3 is 2.17 bits per heavy atom. The van der Waals surface area contributed by atoms with E-state index in [4.69, 9.17) is 9.72 Å². The molecule has 3 unspecified atom stereocenters. The summed E-state index contributed by atoms with van der Waals surface area (Å²) in [5.74, 6) is 3.26. The van der Waals surface area contributed by atoms with Crippen molar-refractivity contribution < 1.29 is 4.74 Å². The molecule has 3 aliphatic carbocycles. The molecule has 198 valence electrons. The van der Waals surface area contributed by atoms with Gasteiger partial charge in [-0.1, -0.05) is 88.7 Å². The summed E-state index contributed by atoms with van der Waals surface area (Å²) in [5, 5.41) is 2.41. The molecule has 1 spiro atoms. The zero-order valence-corrected chi connectivity index (χ0v) is 24.0. The van der Waals surface area contributed by atoms with Crippen LogP contribution >= 0.6 is 15.9 Å². The minimum Gasteiger partial charge on any atom is -0.457 e. The number of fused-ring (bicyclic) bond motifs is 10. The number of hydrogen-bond acceptors (Lipinski definition) is 2. The molecule has 0 saturated carbocycles. The van der Waals surface area contributed by atoms with E-state index in [9.17, 15) is 0 Å². The summed E-state index contributed by atoms with van der Waals surface area (Å²) in [6.07, 6.45) is 2.01. The van der Waals surface area contributed by atoms with Crippen molar-refractivity contribution in [2.45, 2.75) is 17.3 Å². The number of nitrogens with zero attached hydrogens (tertiary/aromatic N) is 2. The summed E-state index contributed by atoms with van der Waals surface area (Å²) >= 11 is 3.57. The van der Waals surface area contributed by atoms with Crippen LogP contribution < -0.4 is 4.74 Å². The first kappa shape index (κ1) is 23.0. The Hall–Kier alpha value is -4.67. The van der Waals surface area contributed by atoms with Crippen molar-refractivity contribution in [1.29, 1.82) is 0 Å². The summed E-state index contributed by atoms with van der Waals surface area (Å²) in [6, 6.07) is 43.4. The van der Waals surface area contributed by atoms with E-state index in [-0.39, 0.29) is 11.3 Å². The molecule has 0 radical (unpaired) electrons. The lowest BCUT2D eigenvalue weighted by atomic mass is 9.43. The summed E-state index contributed by atoms with van der Waals surface area (Å²) in [4.78, 5) is 5.18. The molecule has 0 N–H and O–H groups in total. The second kappa shape index (κ2) is 7.99. The second-order valence-corrected chi connectivity index (χ2v) is 12.6. The number of halogens is 1. The van der Waals surface area contributed by atoms with Crippen molar-refractivity contribution in [2.24, 2.45) is 0 Å². The molecule has 0 fully saturated rings. The van der Waals surface area contributed by atoms with E-state index >= 15 is 0 Å². The predicted molar refractivity (Wildman–Crippen MR) is 170 cm³/mol. The van der Waals surface area contributed by atoms with Crippen molar-refractivity contribution in [3.8, 4) is 17.3 Å². The minimum absolute atomic E-state index is 0.00102. The summed E-state index contributed by atoms with van der Waals surface area (Å²) in [7, 11) is 0. The maximum Gasteiger partial charge on any atom is 0.141 e. The fourth-order valence-electron chi connectivity index (χ4n) is 8.43. The molecule has 0 amide bonds. The van der Waals surface area contributed by atoms with Crippen molar-refractivity contribution in [1.82, 2.24) is 9.55 Å². The smallest absolute Gasteiger partial charge is 0.141 e. The van der Waals surface area contributed by atoms with Crippen LogP contribution in [0, 0.1) is 0 Å². The summed E-state index contributed by atoms with van der Waals surface area (Å²) < 4.78 is 9.73. The van der Waals surface area contributed by atoms with Crippen LogP contribution in [0.1, 0.15) is 45.2 Å². The molecule has 42 heavy (non-hydrogen) atoms. The molecule has 3 aliphatic rings. The lowest BCUT2D eigenvalue weighted by molar-refractivity contribution is 0.332. The fourth-order valence-corrected chi connectivity index (χ4v) is 8.80. The van der Waals surface area contributed by atoms with Gasteiger partial charge in [0, 0.05) is 50.3 Å². The van der Waals surface area contributed by atoms with Crippen LogP contribution in [-0.4, -0.2) is 9.55 Å². The SMILES string of the molecule is Brc1cccc(Oc2ccc3c4ccccc4n(-c4nccc5c4C4c6ccccc6C46c4ccccc4C56)c3c2)c1. The maximum atomic E-state index is 6.36.